The third-order valence-electron chi connectivity index (χ3n) is 5.16. The minimum atomic E-state index is -0.384. The van der Waals surface area contributed by atoms with Crippen LogP contribution >= 0.6 is 0 Å². The molecule has 1 aromatic carbocycles. The van der Waals surface area contributed by atoms with Gasteiger partial charge in [-0.25, -0.2) is 4.79 Å². The minimum Gasteiger partial charge on any atom is -0.497 e. The summed E-state index contributed by atoms with van der Waals surface area (Å²) in [5.74, 6) is 0.302. The fraction of sp³-hybridized carbons (Fsp3) is 0.368. The van der Waals surface area contributed by atoms with E-state index in [1.54, 1.807) is 29.8 Å². The SMILES string of the molecule is COc1cccc(-c2cc(C(=O)N3CCC(N4C(=O)CNC4=O)C3)n(C)n2)c1. The molecule has 2 saturated heterocycles. The number of imide groups is 1. The van der Waals surface area contributed by atoms with Crippen LogP contribution in [0.15, 0.2) is 30.3 Å². The maximum absolute atomic E-state index is 13.0. The standard InChI is InChI=1S/C19H21N5O4/c1-22-16(9-15(21-22)12-4-3-5-14(8-12)28-2)18(26)23-7-6-13(11-23)24-17(25)10-20-19(24)27/h3-5,8-9,13H,6-7,10-11H2,1-2H3,(H,20,27). The number of nitrogens with zero attached hydrogens (tertiary/aromatic N) is 4. The van der Waals surface area contributed by atoms with Crippen molar-refractivity contribution in [3.8, 4) is 17.0 Å². The lowest BCUT2D eigenvalue weighted by Crippen LogP contribution is -2.43. The molecule has 9 nitrogen and oxygen atoms in total. The average Bonchev–Trinajstić information content (AvgIpc) is 3.40. The Morgan fingerprint density at radius 2 is 2.11 bits per heavy atom. The van der Waals surface area contributed by atoms with Crippen molar-refractivity contribution in [3.63, 3.8) is 0 Å². The third-order valence-corrected chi connectivity index (χ3v) is 5.16. The van der Waals surface area contributed by atoms with Crippen LogP contribution in [0.3, 0.4) is 0 Å². The second kappa shape index (κ2) is 6.99. The number of amides is 4. The van der Waals surface area contributed by atoms with Crippen LogP contribution in [0.25, 0.3) is 11.3 Å². The number of likely N-dealkylation sites (tertiary alicyclic amines) is 1. The van der Waals surface area contributed by atoms with Gasteiger partial charge in [0.15, 0.2) is 0 Å². The molecule has 2 fully saturated rings. The van der Waals surface area contributed by atoms with Gasteiger partial charge < -0.3 is 15.0 Å². The summed E-state index contributed by atoms with van der Waals surface area (Å²) < 4.78 is 6.80. The first-order valence-electron chi connectivity index (χ1n) is 9.05. The summed E-state index contributed by atoms with van der Waals surface area (Å²) in [5.41, 5.74) is 1.98. The Morgan fingerprint density at radius 1 is 1.29 bits per heavy atom. The molecule has 1 N–H and O–H groups in total. The molecule has 0 saturated carbocycles. The molecule has 0 radical (unpaired) electrons. The molecule has 9 heteroatoms. The number of hydrogen-bond acceptors (Lipinski definition) is 5. The van der Waals surface area contributed by atoms with Gasteiger partial charge in [-0.3, -0.25) is 19.2 Å². The predicted octanol–water partition coefficient (Wildman–Crippen LogP) is 0.862. The molecular formula is C19H21N5O4. The van der Waals surface area contributed by atoms with E-state index >= 15 is 0 Å². The van der Waals surface area contributed by atoms with E-state index in [9.17, 15) is 14.4 Å². The quantitative estimate of drug-likeness (QED) is 0.790. The first-order valence-corrected chi connectivity index (χ1v) is 9.05. The molecule has 2 aliphatic rings. The number of aromatic nitrogens is 2. The Labute approximate surface area is 161 Å². The lowest BCUT2D eigenvalue weighted by Gasteiger charge is -2.21. The van der Waals surface area contributed by atoms with Gasteiger partial charge in [-0.1, -0.05) is 12.1 Å². The number of carbonyl (C=O) groups excluding carboxylic acids is 3. The molecular weight excluding hydrogens is 362 g/mol. The number of methoxy groups -OCH3 is 1. The van der Waals surface area contributed by atoms with Gasteiger partial charge in [0.2, 0.25) is 5.91 Å². The van der Waals surface area contributed by atoms with Gasteiger partial charge in [-0.2, -0.15) is 5.10 Å². The van der Waals surface area contributed by atoms with Gasteiger partial charge in [-0.15, -0.1) is 0 Å². The summed E-state index contributed by atoms with van der Waals surface area (Å²) in [6, 6.07) is 8.56. The second-order valence-corrected chi connectivity index (χ2v) is 6.89. The zero-order valence-electron chi connectivity index (χ0n) is 15.7. The molecule has 3 heterocycles. The van der Waals surface area contributed by atoms with Crippen molar-refractivity contribution in [1.29, 1.82) is 0 Å². The fourth-order valence-electron chi connectivity index (χ4n) is 3.69. The van der Waals surface area contributed by atoms with Crippen LogP contribution < -0.4 is 10.1 Å². The number of urea groups is 1. The van der Waals surface area contributed by atoms with E-state index in [1.165, 1.54) is 4.90 Å². The Balaban J connectivity index is 1.52. The monoisotopic (exact) mass is 383 g/mol. The molecule has 1 atom stereocenters. The first kappa shape index (κ1) is 18.0. The molecule has 0 bridgehead atoms. The van der Waals surface area contributed by atoms with E-state index in [2.05, 4.69) is 10.4 Å². The highest BCUT2D eigenvalue weighted by atomic mass is 16.5. The first-order chi connectivity index (χ1) is 13.5. The van der Waals surface area contributed by atoms with Crippen molar-refractivity contribution in [2.24, 2.45) is 7.05 Å². The number of nitrogens with one attached hydrogen (secondary N) is 1. The van der Waals surface area contributed by atoms with Gasteiger partial charge in [0.25, 0.3) is 5.91 Å². The number of benzene rings is 1. The Hall–Kier alpha value is -3.36. The number of carbonyl (C=O) groups is 3. The van der Waals surface area contributed by atoms with Crippen molar-refractivity contribution in [1.82, 2.24) is 24.9 Å². The van der Waals surface area contributed by atoms with Crippen LogP contribution in [0.1, 0.15) is 16.9 Å². The largest absolute Gasteiger partial charge is 0.497 e. The van der Waals surface area contributed by atoms with Crippen LogP contribution in [0.4, 0.5) is 4.79 Å². The zero-order valence-corrected chi connectivity index (χ0v) is 15.7. The van der Waals surface area contributed by atoms with E-state index in [-0.39, 0.29) is 30.4 Å². The molecule has 4 amide bonds. The molecule has 1 aromatic heterocycles. The molecule has 1 unspecified atom stereocenters. The molecule has 28 heavy (non-hydrogen) atoms. The Morgan fingerprint density at radius 3 is 2.82 bits per heavy atom. The molecule has 4 rings (SSSR count). The lowest BCUT2D eigenvalue weighted by atomic mass is 10.1. The topological polar surface area (TPSA) is 96.8 Å². The van der Waals surface area contributed by atoms with Crippen LogP contribution in [0.5, 0.6) is 5.75 Å². The molecule has 2 aromatic rings. The summed E-state index contributed by atoms with van der Waals surface area (Å²) in [4.78, 5) is 39.6. The van der Waals surface area contributed by atoms with Crippen LogP contribution in [-0.4, -0.2) is 70.2 Å². The highest BCUT2D eigenvalue weighted by Crippen LogP contribution is 2.25. The van der Waals surface area contributed by atoms with Crippen molar-refractivity contribution in [3.05, 3.63) is 36.0 Å². The molecule has 2 aliphatic heterocycles. The summed E-state index contributed by atoms with van der Waals surface area (Å²) in [6.45, 7) is 0.840. The summed E-state index contributed by atoms with van der Waals surface area (Å²) in [6.07, 6.45) is 0.575. The predicted molar refractivity (Wildman–Crippen MR) is 99.7 cm³/mol. The number of ether oxygens (including phenoxy) is 1. The van der Waals surface area contributed by atoms with Crippen molar-refractivity contribution in [2.75, 3.05) is 26.7 Å². The van der Waals surface area contributed by atoms with E-state index in [4.69, 9.17) is 4.74 Å². The highest BCUT2D eigenvalue weighted by molar-refractivity contribution is 6.02. The van der Waals surface area contributed by atoms with Gasteiger partial charge in [0.1, 0.15) is 11.4 Å². The molecule has 0 aliphatic carbocycles. The smallest absolute Gasteiger partial charge is 0.324 e. The maximum Gasteiger partial charge on any atom is 0.324 e. The van der Waals surface area contributed by atoms with Gasteiger partial charge in [0.05, 0.1) is 25.4 Å². The highest BCUT2D eigenvalue weighted by Gasteiger charge is 2.40. The lowest BCUT2D eigenvalue weighted by molar-refractivity contribution is -0.126. The van der Waals surface area contributed by atoms with E-state index in [1.807, 2.05) is 24.3 Å². The summed E-state index contributed by atoms with van der Waals surface area (Å²) in [7, 11) is 3.32. The zero-order chi connectivity index (χ0) is 19.8. The van der Waals surface area contributed by atoms with Gasteiger partial charge >= 0.3 is 6.03 Å². The Kier molecular flexibility index (Phi) is 4.50. The number of rotatable bonds is 4. The second-order valence-electron chi connectivity index (χ2n) is 6.89. The summed E-state index contributed by atoms with van der Waals surface area (Å²) >= 11 is 0. The van der Waals surface area contributed by atoms with Gasteiger partial charge in [0, 0.05) is 25.7 Å². The van der Waals surface area contributed by atoms with Gasteiger partial charge in [-0.05, 0) is 24.6 Å². The van der Waals surface area contributed by atoms with E-state index in [0.29, 0.717) is 36.6 Å². The van der Waals surface area contributed by atoms with E-state index in [0.717, 1.165) is 5.56 Å². The molecule has 0 spiro atoms. The van der Waals surface area contributed by atoms with Crippen LogP contribution in [-0.2, 0) is 11.8 Å². The summed E-state index contributed by atoms with van der Waals surface area (Å²) in [5, 5.41) is 6.98. The molecule has 146 valence electrons. The average molecular weight is 383 g/mol. The third kappa shape index (κ3) is 3.08. The fourth-order valence-corrected chi connectivity index (χ4v) is 3.69. The minimum absolute atomic E-state index is 0.0227. The number of aryl methyl sites for hydroxylation is 1. The van der Waals surface area contributed by atoms with Crippen LogP contribution in [0, 0.1) is 0 Å². The van der Waals surface area contributed by atoms with Crippen molar-refractivity contribution in [2.45, 2.75) is 12.5 Å². The van der Waals surface area contributed by atoms with Crippen molar-refractivity contribution >= 4 is 17.8 Å². The Bertz CT molecular complexity index is 938. The maximum atomic E-state index is 13.0. The normalized spacial score (nSPS) is 19.3. The van der Waals surface area contributed by atoms with Crippen molar-refractivity contribution < 1.29 is 19.1 Å². The van der Waals surface area contributed by atoms with E-state index < -0.39 is 0 Å². The number of hydrogen-bond donors (Lipinski definition) is 1. The van der Waals surface area contributed by atoms with Crippen LogP contribution in [0.2, 0.25) is 0 Å².